The first-order valence-electron chi connectivity index (χ1n) is 6.60. The van der Waals surface area contributed by atoms with Gasteiger partial charge in [0.05, 0.1) is 12.7 Å². The van der Waals surface area contributed by atoms with Gasteiger partial charge in [-0.3, -0.25) is 0 Å². The van der Waals surface area contributed by atoms with Gasteiger partial charge < -0.3 is 15.4 Å². The maximum Gasteiger partial charge on any atom is 0.221 e. The lowest BCUT2D eigenvalue weighted by Gasteiger charge is -2.37. The van der Waals surface area contributed by atoms with Gasteiger partial charge in [0, 0.05) is 12.6 Å². The molecule has 0 saturated carbocycles. The summed E-state index contributed by atoms with van der Waals surface area (Å²) in [5.74, 6) is 1.66. The normalized spacial score (nSPS) is 19.9. The number of methoxy groups -OCH3 is 1. The van der Waals surface area contributed by atoms with Crippen LogP contribution in [-0.4, -0.2) is 36.2 Å². The van der Waals surface area contributed by atoms with E-state index in [2.05, 4.69) is 14.9 Å². The summed E-state index contributed by atoms with van der Waals surface area (Å²) in [5.41, 5.74) is 6.73. The summed E-state index contributed by atoms with van der Waals surface area (Å²) in [5, 5.41) is 0. The minimum atomic E-state index is 0.502. The summed E-state index contributed by atoms with van der Waals surface area (Å²) in [6, 6.07) is 0.502. The Hall–Kier alpha value is -1.36. The van der Waals surface area contributed by atoms with Crippen LogP contribution < -0.4 is 15.4 Å². The second-order valence-corrected chi connectivity index (χ2v) is 4.75. The number of hydrogen-bond donors (Lipinski definition) is 1. The highest BCUT2D eigenvalue weighted by atomic mass is 16.5. The fourth-order valence-corrected chi connectivity index (χ4v) is 2.69. The first-order chi connectivity index (χ1) is 8.77. The van der Waals surface area contributed by atoms with E-state index in [4.69, 9.17) is 10.5 Å². The molecule has 5 heteroatoms. The molecule has 1 aliphatic rings. The maximum atomic E-state index is 5.71. The summed E-state index contributed by atoms with van der Waals surface area (Å²) < 4.78 is 5.27. The van der Waals surface area contributed by atoms with Gasteiger partial charge >= 0.3 is 0 Å². The Morgan fingerprint density at radius 1 is 1.44 bits per heavy atom. The molecule has 0 spiro atoms. The van der Waals surface area contributed by atoms with Crippen LogP contribution in [0.2, 0.25) is 0 Å². The Morgan fingerprint density at radius 2 is 2.28 bits per heavy atom. The third-order valence-electron chi connectivity index (χ3n) is 3.60. The second kappa shape index (κ2) is 6.00. The first kappa shape index (κ1) is 13.1. The number of nitrogens with two attached hydrogens (primary N) is 1. The van der Waals surface area contributed by atoms with E-state index in [0.717, 1.165) is 30.9 Å². The van der Waals surface area contributed by atoms with E-state index >= 15 is 0 Å². The van der Waals surface area contributed by atoms with Crippen molar-refractivity contribution in [2.24, 2.45) is 5.73 Å². The largest absolute Gasteiger partial charge is 0.481 e. The van der Waals surface area contributed by atoms with Gasteiger partial charge in [0.2, 0.25) is 5.88 Å². The molecule has 2 N–H and O–H groups in total. The van der Waals surface area contributed by atoms with Crippen LogP contribution in [-0.2, 0) is 0 Å². The van der Waals surface area contributed by atoms with Crippen LogP contribution >= 0.6 is 0 Å². The predicted molar refractivity (Wildman–Crippen MR) is 72.0 cm³/mol. The number of rotatable bonds is 4. The fraction of sp³-hybridized carbons (Fsp3) is 0.692. The average molecular weight is 250 g/mol. The Kier molecular flexibility index (Phi) is 4.36. The van der Waals surface area contributed by atoms with E-state index in [1.807, 2.05) is 6.92 Å². The maximum absolute atomic E-state index is 5.71. The Morgan fingerprint density at radius 3 is 3.00 bits per heavy atom. The van der Waals surface area contributed by atoms with E-state index < -0.39 is 0 Å². The van der Waals surface area contributed by atoms with Crippen molar-refractivity contribution in [2.75, 3.05) is 25.1 Å². The van der Waals surface area contributed by atoms with Gasteiger partial charge in [0.1, 0.15) is 12.1 Å². The highest BCUT2D eigenvalue weighted by molar-refractivity contribution is 5.51. The van der Waals surface area contributed by atoms with Crippen LogP contribution in [0.1, 0.15) is 31.2 Å². The average Bonchev–Trinajstić information content (AvgIpc) is 2.40. The van der Waals surface area contributed by atoms with E-state index in [1.165, 1.54) is 19.3 Å². The minimum Gasteiger partial charge on any atom is -0.481 e. The number of aromatic nitrogens is 2. The highest BCUT2D eigenvalue weighted by Gasteiger charge is 2.25. The molecule has 0 aromatic carbocycles. The summed E-state index contributed by atoms with van der Waals surface area (Å²) in [6.45, 7) is 3.79. The molecule has 1 aromatic heterocycles. The highest BCUT2D eigenvalue weighted by Crippen LogP contribution is 2.30. The van der Waals surface area contributed by atoms with Crippen LogP contribution in [0.4, 0.5) is 5.82 Å². The standard InChI is InChI=1S/C13H22N4O/c1-10-12(15-9-16-13(10)18-2)17-8-4-3-5-11(17)6-7-14/h9,11H,3-8,14H2,1-2H3. The third kappa shape index (κ3) is 2.56. The van der Waals surface area contributed by atoms with Crippen molar-refractivity contribution in [2.45, 2.75) is 38.6 Å². The van der Waals surface area contributed by atoms with Crippen molar-refractivity contribution in [1.29, 1.82) is 0 Å². The monoisotopic (exact) mass is 250 g/mol. The molecule has 1 aliphatic heterocycles. The van der Waals surface area contributed by atoms with E-state index in [-0.39, 0.29) is 0 Å². The molecule has 0 bridgehead atoms. The number of ether oxygens (including phenoxy) is 1. The summed E-state index contributed by atoms with van der Waals surface area (Å²) in [4.78, 5) is 10.9. The molecule has 2 rings (SSSR count). The van der Waals surface area contributed by atoms with Gasteiger partial charge in [-0.2, -0.15) is 0 Å². The number of piperidine rings is 1. The number of anilines is 1. The molecular formula is C13H22N4O. The summed E-state index contributed by atoms with van der Waals surface area (Å²) >= 11 is 0. The predicted octanol–water partition coefficient (Wildman–Crippen LogP) is 1.50. The zero-order chi connectivity index (χ0) is 13.0. The lowest BCUT2D eigenvalue weighted by Crippen LogP contribution is -2.41. The quantitative estimate of drug-likeness (QED) is 0.877. The van der Waals surface area contributed by atoms with Crippen LogP contribution in [0.3, 0.4) is 0 Å². The van der Waals surface area contributed by atoms with E-state index in [0.29, 0.717) is 11.9 Å². The van der Waals surface area contributed by atoms with Crippen LogP contribution in [0.5, 0.6) is 5.88 Å². The molecule has 1 unspecified atom stereocenters. The van der Waals surface area contributed by atoms with Gasteiger partial charge in [-0.15, -0.1) is 0 Å². The van der Waals surface area contributed by atoms with Crippen molar-refractivity contribution in [1.82, 2.24) is 9.97 Å². The fourth-order valence-electron chi connectivity index (χ4n) is 2.69. The Bertz CT molecular complexity index is 395. The van der Waals surface area contributed by atoms with Crippen LogP contribution in [0.15, 0.2) is 6.33 Å². The minimum absolute atomic E-state index is 0.502. The Labute approximate surface area is 108 Å². The number of hydrogen-bond acceptors (Lipinski definition) is 5. The molecule has 18 heavy (non-hydrogen) atoms. The molecular weight excluding hydrogens is 228 g/mol. The van der Waals surface area contributed by atoms with Crippen LogP contribution in [0.25, 0.3) is 0 Å². The molecule has 5 nitrogen and oxygen atoms in total. The first-order valence-corrected chi connectivity index (χ1v) is 6.60. The SMILES string of the molecule is COc1ncnc(N2CCCCC2CCN)c1C. The second-order valence-electron chi connectivity index (χ2n) is 4.75. The molecule has 1 fully saturated rings. The summed E-state index contributed by atoms with van der Waals surface area (Å²) in [7, 11) is 1.65. The lowest BCUT2D eigenvalue weighted by atomic mass is 9.99. The summed E-state index contributed by atoms with van der Waals surface area (Å²) in [6.07, 6.45) is 6.29. The van der Waals surface area contributed by atoms with Gasteiger partial charge in [-0.25, -0.2) is 9.97 Å². The zero-order valence-corrected chi connectivity index (χ0v) is 11.2. The van der Waals surface area contributed by atoms with Crippen molar-refractivity contribution in [3.63, 3.8) is 0 Å². The molecule has 100 valence electrons. The van der Waals surface area contributed by atoms with Gasteiger partial charge in [-0.1, -0.05) is 0 Å². The topological polar surface area (TPSA) is 64.3 Å². The lowest BCUT2D eigenvalue weighted by molar-refractivity contribution is 0.390. The number of nitrogens with zero attached hydrogens (tertiary/aromatic N) is 3. The molecule has 1 aromatic rings. The smallest absolute Gasteiger partial charge is 0.221 e. The van der Waals surface area contributed by atoms with E-state index in [1.54, 1.807) is 13.4 Å². The molecule has 2 heterocycles. The van der Waals surface area contributed by atoms with Crippen LogP contribution in [0, 0.1) is 6.92 Å². The van der Waals surface area contributed by atoms with Crippen molar-refractivity contribution in [3.8, 4) is 5.88 Å². The molecule has 0 aliphatic carbocycles. The Balaban J connectivity index is 2.27. The third-order valence-corrected chi connectivity index (χ3v) is 3.60. The van der Waals surface area contributed by atoms with Crippen molar-refractivity contribution >= 4 is 5.82 Å². The van der Waals surface area contributed by atoms with Crippen molar-refractivity contribution < 1.29 is 4.74 Å². The molecule has 1 saturated heterocycles. The van der Waals surface area contributed by atoms with Gasteiger partial charge in [0.15, 0.2) is 0 Å². The molecule has 0 amide bonds. The van der Waals surface area contributed by atoms with Gasteiger partial charge in [0.25, 0.3) is 0 Å². The zero-order valence-electron chi connectivity index (χ0n) is 11.2. The molecule has 0 radical (unpaired) electrons. The van der Waals surface area contributed by atoms with Crippen molar-refractivity contribution in [3.05, 3.63) is 11.9 Å². The molecule has 1 atom stereocenters. The van der Waals surface area contributed by atoms with E-state index in [9.17, 15) is 0 Å². The van der Waals surface area contributed by atoms with Gasteiger partial charge in [-0.05, 0) is 39.2 Å².